The molecule has 2 aromatic rings. The molecule has 0 spiro atoms. The number of hydrogen-bond donors (Lipinski definition) is 1. The average Bonchev–Trinajstić information content (AvgIpc) is 2.64. The molecular formula is C19H20N2O2. The normalized spacial score (nSPS) is 18.7. The number of carbonyl (C=O) groups excluding carboxylic acids is 1. The van der Waals surface area contributed by atoms with Crippen LogP contribution in [0.15, 0.2) is 65.8 Å². The summed E-state index contributed by atoms with van der Waals surface area (Å²) in [6, 6.07) is 19.0. The van der Waals surface area contributed by atoms with Crippen LogP contribution in [0.25, 0.3) is 0 Å². The summed E-state index contributed by atoms with van der Waals surface area (Å²) in [5.74, 6) is 0.642. The lowest BCUT2D eigenvalue weighted by Gasteiger charge is -2.33. The molecule has 0 aromatic heterocycles. The maximum atomic E-state index is 12.7. The summed E-state index contributed by atoms with van der Waals surface area (Å²) >= 11 is 0. The topological polar surface area (TPSA) is 52.9 Å². The first-order valence-corrected chi connectivity index (χ1v) is 7.91. The fourth-order valence-corrected chi connectivity index (χ4v) is 3.11. The quantitative estimate of drug-likeness (QED) is 0.311. The van der Waals surface area contributed by atoms with Crippen molar-refractivity contribution in [1.82, 2.24) is 4.90 Å². The molecule has 1 aliphatic heterocycles. The largest absolute Gasteiger partial charge is 0.409 e. The van der Waals surface area contributed by atoms with E-state index in [0.29, 0.717) is 12.4 Å². The van der Waals surface area contributed by atoms with E-state index >= 15 is 0 Å². The second kappa shape index (κ2) is 7.09. The zero-order valence-corrected chi connectivity index (χ0v) is 12.9. The number of hydrogen-bond acceptors (Lipinski definition) is 3. The van der Waals surface area contributed by atoms with Crippen LogP contribution in [-0.4, -0.2) is 34.8 Å². The molecule has 1 unspecified atom stereocenters. The van der Waals surface area contributed by atoms with Gasteiger partial charge in [0.25, 0.3) is 0 Å². The van der Waals surface area contributed by atoms with Gasteiger partial charge in [0.05, 0.1) is 0 Å². The molecule has 0 saturated carbocycles. The molecule has 3 rings (SSSR count). The van der Waals surface area contributed by atoms with Crippen LogP contribution in [0.1, 0.15) is 28.8 Å². The van der Waals surface area contributed by atoms with Crippen LogP contribution in [0.5, 0.6) is 0 Å². The smallest absolute Gasteiger partial charge is 0.175 e. The van der Waals surface area contributed by atoms with Crippen molar-refractivity contribution in [2.24, 2.45) is 11.1 Å². The van der Waals surface area contributed by atoms with E-state index in [2.05, 4.69) is 5.16 Å². The van der Waals surface area contributed by atoms with Gasteiger partial charge in [-0.3, -0.25) is 4.79 Å². The summed E-state index contributed by atoms with van der Waals surface area (Å²) < 4.78 is 0. The Kier molecular flexibility index (Phi) is 4.71. The highest BCUT2D eigenvalue weighted by atomic mass is 16.4. The van der Waals surface area contributed by atoms with Crippen LogP contribution in [-0.2, 0) is 0 Å². The molecule has 1 aliphatic rings. The molecule has 4 nitrogen and oxygen atoms in total. The van der Waals surface area contributed by atoms with Gasteiger partial charge in [0.1, 0.15) is 0 Å². The van der Waals surface area contributed by atoms with E-state index in [0.717, 1.165) is 30.5 Å². The van der Waals surface area contributed by atoms with Crippen LogP contribution in [0, 0.1) is 5.92 Å². The summed E-state index contributed by atoms with van der Waals surface area (Å²) in [6.07, 6.45) is 1.78. The van der Waals surface area contributed by atoms with Gasteiger partial charge in [0.15, 0.2) is 11.6 Å². The summed E-state index contributed by atoms with van der Waals surface area (Å²) in [6.45, 7) is 1.38. The zero-order valence-electron chi connectivity index (χ0n) is 12.9. The fraction of sp³-hybridized carbons (Fsp3) is 0.263. The second-order valence-corrected chi connectivity index (χ2v) is 5.81. The first kappa shape index (κ1) is 15.3. The van der Waals surface area contributed by atoms with Gasteiger partial charge in [-0.2, -0.15) is 0 Å². The van der Waals surface area contributed by atoms with Crippen LogP contribution in [0.3, 0.4) is 0 Å². The van der Waals surface area contributed by atoms with E-state index in [1.807, 2.05) is 65.6 Å². The van der Waals surface area contributed by atoms with E-state index in [4.69, 9.17) is 0 Å². The van der Waals surface area contributed by atoms with Crippen molar-refractivity contribution in [3.8, 4) is 0 Å². The molecule has 4 heteroatoms. The summed E-state index contributed by atoms with van der Waals surface area (Å²) in [7, 11) is 0. The molecule has 2 aromatic carbocycles. The number of Topliss-reactive ketones (excluding diaryl/α,β-unsaturated/α-hetero) is 1. The van der Waals surface area contributed by atoms with Gasteiger partial charge < -0.3 is 10.1 Å². The number of benzene rings is 2. The van der Waals surface area contributed by atoms with Crippen molar-refractivity contribution in [3.63, 3.8) is 0 Å². The Bertz CT molecular complexity index is 683. The Morgan fingerprint density at radius 2 is 1.61 bits per heavy atom. The van der Waals surface area contributed by atoms with E-state index in [9.17, 15) is 10.0 Å². The monoisotopic (exact) mass is 308 g/mol. The standard InChI is InChI=1S/C19H20N2O2/c22-18(15-8-3-1-4-9-15)17-12-7-13-21(14-17)19(20-23)16-10-5-2-6-11-16/h1-6,8-11,17,23H,7,12-14H2. The van der Waals surface area contributed by atoms with Gasteiger partial charge in [-0.1, -0.05) is 65.8 Å². The Labute approximate surface area is 136 Å². The van der Waals surface area contributed by atoms with Crippen molar-refractivity contribution in [1.29, 1.82) is 0 Å². The van der Waals surface area contributed by atoms with Crippen molar-refractivity contribution in [2.45, 2.75) is 12.8 Å². The molecule has 118 valence electrons. The second-order valence-electron chi connectivity index (χ2n) is 5.81. The minimum Gasteiger partial charge on any atom is -0.409 e. The van der Waals surface area contributed by atoms with Gasteiger partial charge in [0.2, 0.25) is 0 Å². The molecule has 1 fully saturated rings. The van der Waals surface area contributed by atoms with E-state index in [1.54, 1.807) is 0 Å². The number of oxime groups is 1. The molecule has 1 N–H and O–H groups in total. The van der Waals surface area contributed by atoms with Crippen LogP contribution in [0.4, 0.5) is 0 Å². The number of amidine groups is 1. The SMILES string of the molecule is O=C(c1ccccc1)C1CCCN(C(=NO)c2ccccc2)C1. The number of nitrogens with zero attached hydrogens (tertiary/aromatic N) is 2. The highest BCUT2D eigenvalue weighted by molar-refractivity contribution is 6.00. The molecular weight excluding hydrogens is 288 g/mol. The van der Waals surface area contributed by atoms with E-state index in [1.165, 1.54) is 0 Å². The molecule has 1 saturated heterocycles. The van der Waals surface area contributed by atoms with Crippen LogP contribution < -0.4 is 0 Å². The summed E-state index contributed by atoms with van der Waals surface area (Å²) in [5.41, 5.74) is 1.62. The Morgan fingerprint density at radius 1 is 1.00 bits per heavy atom. The number of ketones is 1. The maximum absolute atomic E-state index is 12.7. The number of rotatable bonds is 3. The molecule has 0 bridgehead atoms. The van der Waals surface area contributed by atoms with Gasteiger partial charge in [-0.15, -0.1) is 0 Å². The summed E-state index contributed by atoms with van der Waals surface area (Å²) in [5, 5.41) is 12.9. The number of piperidine rings is 1. The molecule has 0 radical (unpaired) electrons. The Balaban J connectivity index is 1.77. The minimum absolute atomic E-state index is 0.0633. The number of likely N-dealkylation sites (tertiary alicyclic amines) is 1. The van der Waals surface area contributed by atoms with Gasteiger partial charge in [-0.25, -0.2) is 0 Å². The Hall–Kier alpha value is -2.62. The van der Waals surface area contributed by atoms with Gasteiger partial charge in [-0.05, 0) is 12.8 Å². The van der Waals surface area contributed by atoms with Gasteiger partial charge in [0, 0.05) is 30.1 Å². The van der Waals surface area contributed by atoms with Crippen molar-refractivity contribution >= 4 is 11.6 Å². The third-order valence-corrected chi connectivity index (χ3v) is 4.28. The van der Waals surface area contributed by atoms with Gasteiger partial charge >= 0.3 is 0 Å². The number of carbonyl (C=O) groups is 1. The highest BCUT2D eigenvalue weighted by Gasteiger charge is 2.28. The third kappa shape index (κ3) is 3.42. The average molecular weight is 308 g/mol. The molecule has 0 amide bonds. The third-order valence-electron chi connectivity index (χ3n) is 4.28. The molecule has 23 heavy (non-hydrogen) atoms. The minimum atomic E-state index is -0.0633. The molecule has 0 aliphatic carbocycles. The van der Waals surface area contributed by atoms with Crippen LogP contribution >= 0.6 is 0 Å². The highest BCUT2D eigenvalue weighted by Crippen LogP contribution is 2.22. The fourth-order valence-electron chi connectivity index (χ4n) is 3.11. The first-order valence-electron chi connectivity index (χ1n) is 7.91. The lowest BCUT2D eigenvalue weighted by molar-refractivity contribution is 0.0865. The summed E-state index contributed by atoms with van der Waals surface area (Å²) in [4.78, 5) is 14.7. The predicted molar refractivity (Wildman–Crippen MR) is 89.8 cm³/mol. The van der Waals surface area contributed by atoms with Crippen molar-refractivity contribution in [2.75, 3.05) is 13.1 Å². The first-order chi connectivity index (χ1) is 11.3. The van der Waals surface area contributed by atoms with Crippen LogP contribution in [0.2, 0.25) is 0 Å². The molecule has 1 atom stereocenters. The maximum Gasteiger partial charge on any atom is 0.175 e. The van der Waals surface area contributed by atoms with Crippen molar-refractivity contribution < 1.29 is 10.0 Å². The van der Waals surface area contributed by atoms with Crippen molar-refractivity contribution in [3.05, 3.63) is 71.8 Å². The van der Waals surface area contributed by atoms with E-state index in [-0.39, 0.29) is 11.7 Å². The molecule has 1 heterocycles. The van der Waals surface area contributed by atoms with E-state index < -0.39 is 0 Å². The zero-order chi connectivity index (χ0) is 16.1. The predicted octanol–water partition coefficient (Wildman–Crippen LogP) is 3.42. The Morgan fingerprint density at radius 3 is 2.22 bits per heavy atom. The lowest BCUT2D eigenvalue weighted by atomic mass is 9.89. The lowest BCUT2D eigenvalue weighted by Crippen LogP contribution is -2.42.